The van der Waals surface area contributed by atoms with Crippen LogP contribution in [0.3, 0.4) is 0 Å². The van der Waals surface area contributed by atoms with Gasteiger partial charge in [0.1, 0.15) is 0 Å². The number of sulfonamides is 1. The fraction of sp³-hybridized carbons (Fsp3) is 0.333. The van der Waals surface area contributed by atoms with E-state index in [1.807, 2.05) is 13.0 Å². The van der Waals surface area contributed by atoms with Gasteiger partial charge in [-0.3, -0.25) is 4.31 Å². The van der Waals surface area contributed by atoms with E-state index in [1.165, 1.54) is 4.31 Å². The van der Waals surface area contributed by atoms with Crippen LogP contribution in [0.25, 0.3) is 0 Å². The number of aryl methyl sites for hydroxylation is 1. The van der Waals surface area contributed by atoms with Crippen LogP contribution in [0.15, 0.2) is 40.9 Å². The van der Waals surface area contributed by atoms with Crippen molar-refractivity contribution in [2.75, 3.05) is 6.54 Å². The minimum atomic E-state index is -3.54. The Morgan fingerprint density at radius 3 is 2.53 bits per heavy atom. The third kappa shape index (κ3) is 2.82. The normalized spacial score (nSPS) is 14.8. The zero-order chi connectivity index (χ0) is 13.9. The van der Waals surface area contributed by atoms with E-state index < -0.39 is 10.0 Å². The molecule has 0 aromatic heterocycles. The summed E-state index contributed by atoms with van der Waals surface area (Å²) in [6.45, 7) is 2.01. The lowest BCUT2D eigenvalue weighted by atomic mass is 10.2. The van der Waals surface area contributed by atoms with Gasteiger partial charge in [0.25, 0.3) is 10.0 Å². The van der Waals surface area contributed by atoms with E-state index in [2.05, 4.69) is 5.92 Å². The molecule has 3 nitrogen and oxygen atoms in total. The second kappa shape index (κ2) is 5.50. The molecule has 0 radical (unpaired) electrons. The second-order valence-corrected chi connectivity index (χ2v) is 6.48. The highest BCUT2D eigenvalue weighted by Crippen LogP contribution is 2.27. The minimum Gasteiger partial charge on any atom is -0.259 e. The molecule has 2 rings (SSSR count). The summed E-state index contributed by atoms with van der Waals surface area (Å²) < 4.78 is 26.6. The van der Waals surface area contributed by atoms with Crippen molar-refractivity contribution in [1.82, 2.24) is 4.31 Å². The minimum absolute atomic E-state index is 0.0854. The first kappa shape index (κ1) is 13.7. The molecule has 0 saturated heterocycles. The van der Waals surface area contributed by atoms with E-state index in [1.54, 1.807) is 24.3 Å². The van der Waals surface area contributed by atoms with Crippen molar-refractivity contribution in [2.45, 2.75) is 31.1 Å². The van der Waals surface area contributed by atoms with Gasteiger partial charge in [0, 0.05) is 5.70 Å². The molecule has 100 valence electrons. The van der Waals surface area contributed by atoms with Crippen LogP contribution in [0.1, 0.15) is 24.8 Å². The first-order chi connectivity index (χ1) is 9.05. The molecule has 1 aliphatic rings. The van der Waals surface area contributed by atoms with Crippen molar-refractivity contribution in [3.8, 4) is 12.3 Å². The average molecular weight is 275 g/mol. The van der Waals surface area contributed by atoms with Gasteiger partial charge in [0.2, 0.25) is 0 Å². The molecule has 0 heterocycles. The van der Waals surface area contributed by atoms with Crippen LogP contribution in [0.4, 0.5) is 0 Å². The molecule has 1 aromatic rings. The Labute approximate surface area is 115 Å². The van der Waals surface area contributed by atoms with Crippen molar-refractivity contribution in [3.05, 3.63) is 41.6 Å². The number of hydrogen-bond acceptors (Lipinski definition) is 2. The summed E-state index contributed by atoms with van der Waals surface area (Å²) in [4.78, 5) is 0.293. The summed E-state index contributed by atoms with van der Waals surface area (Å²) in [7, 11) is -3.54. The highest BCUT2D eigenvalue weighted by Gasteiger charge is 2.26. The molecule has 1 aromatic carbocycles. The number of nitrogens with zero attached hydrogens (tertiary/aromatic N) is 1. The maximum absolute atomic E-state index is 12.6. The Kier molecular flexibility index (Phi) is 3.96. The Morgan fingerprint density at radius 1 is 1.32 bits per heavy atom. The fourth-order valence-corrected chi connectivity index (χ4v) is 3.60. The van der Waals surface area contributed by atoms with E-state index in [4.69, 9.17) is 6.42 Å². The number of hydrogen-bond donors (Lipinski definition) is 0. The number of benzene rings is 1. The van der Waals surface area contributed by atoms with Crippen LogP contribution in [-0.4, -0.2) is 19.3 Å². The summed E-state index contributed by atoms with van der Waals surface area (Å²) >= 11 is 0. The van der Waals surface area contributed by atoms with Crippen molar-refractivity contribution in [1.29, 1.82) is 0 Å². The largest absolute Gasteiger partial charge is 0.264 e. The number of terminal acetylenes is 1. The number of rotatable bonds is 4. The van der Waals surface area contributed by atoms with Gasteiger partial charge < -0.3 is 0 Å². The first-order valence-corrected chi connectivity index (χ1v) is 7.71. The molecule has 4 heteroatoms. The smallest absolute Gasteiger partial charge is 0.259 e. The molecule has 0 unspecified atom stereocenters. The van der Waals surface area contributed by atoms with Crippen molar-refractivity contribution >= 4 is 10.0 Å². The van der Waals surface area contributed by atoms with Gasteiger partial charge in [-0.25, -0.2) is 8.42 Å². The quantitative estimate of drug-likeness (QED) is 0.792. The average Bonchev–Trinajstić information content (AvgIpc) is 2.89. The zero-order valence-corrected chi connectivity index (χ0v) is 11.8. The van der Waals surface area contributed by atoms with Gasteiger partial charge in [-0.1, -0.05) is 29.7 Å². The monoisotopic (exact) mass is 275 g/mol. The molecule has 19 heavy (non-hydrogen) atoms. The molecular formula is C15H17NO2S. The summed E-state index contributed by atoms with van der Waals surface area (Å²) in [5, 5.41) is 0. The van der Waals surface area contributed by atoms with Gasteiger partial charge in [-0.15, -0.1) is 6.42 Å². The maximum atomic E-state index is 12.6. The SMILES string of the molecule is C#CCN(C1=CCCC1)S(=O)(=O)c1ccc(C)cc1. The van der Waals surface area contributed by atoms with Crippen molar-refractivity contribution < 1.29 is 8.42 Å². The molecule has 1 aliphatic carbocycles. The molecule has 0 fully saturated rings. The van der Waals surface area contributed by atoms with E-state index in [0.29, 0.717) is 4.90 Å². The highest BCUT2D eigenvalue weighted by molar-refractivity contribution is 7.89. The van der Waals surface area contributed by atoms with E-state index in [9.17, 15) is 8.42 Å². The highest BCUT2D eigenvalue weighted by atomic mass is 32.2. The lowest BCUT2D eigenvalue weighted by Gasteiger charge is -2.23. The molecular weight excluding hydrogens is 258 g/mol. The second-order valence-electron chi connectivity index (χ2n) is 4.62. The van der Waals surface area contributed by atoms with Crippen molar-refractivity contribution in [3.63, 3.8) is 0 Å². The molecule has 0 aliphatic heterocycles. The van der Waals surface area contributed by atoms with Gasteiger partial charge in [-0.2, -0.15) is 0 Å². The van der Waals surface area contributed by atoms with E-state index in [0.717, 1.165) is 30.5 Å². The van der Waals surface area contributed by atoms with E-state index in [-0.39, 0.29) is 6.54 Å². The lowest BCUT2D eigenvalue weighted by Crippen LogP contribution is -2.30. The molecule has 0 atom stereocenters. The predicted molar refractivity (Wildman–Crippen MR) is 75.8 cm³/mol. The topological polar surface area (TPSA) is 37.4 Å². The molecule has 0 spiro atoms. The molecule has 0 amide bonds. The summed E-state index contributed by atoms with van der Waals surface area (Å²) in [6, 6.07) is 6.85. The summed E-state index contributed by atoms with van der Waals surface area (Å²) in [6.07, 6.45) is 9.95. The maximum Gasteiger partial charge on any atom is 0.264 e. The Hall–Kier alpha value is -1.73. The molecule has 0 N–H and O–H groups in total. The standard InChI is InChI=1S/C15H17NO2S/c1-3-12-16(14-6-4-5-7-14)19(17,18)15-10-8-13(2)9-11-15/h1,6,8-11H,4-5,7,12H2,2H3. The molecule has 0 bridgehead atoms. The Bertz CT molecular complexity index is 621. The lowest BCUT2D eigenvalue weighted by molar-refractivity contribution is 0.499. The van der Waals surface area contributed by atoms with Gasteiger partial charge in [0.05, 0.1) is 11.4 Å². The Balaban J connectivity index is 2.40. The van der Waals surface area contributed by atoms with Crippen LogP contribution in [0.2, 0.25) is 0 Å². The van der Waals surface area contributed by atoms with Crippen LogP contribution < -0.4 is 0 Å². The summed E-state index contributed by atoms with van der Waals surface area (Å²) in [5.41, 5.74) is 1.85. The van der Waals surface area contributed by atoms with Crippen LogP contribution in [0.5, 0.6) is 0 Å². The first-order valence-electron chi connectivity index (χ1n) is 6.27. The predicted octanol–water partition coefficient (Wildman–Crippen LogP) is 2.69. The van der Waals surface area contributed by atoms with Crippen LogP contribution >= 0.6 is 0 Å². The molecule has 0 saturated carbocycles. The van der Waals surface area contributed by atoms with Gasteiger partial charge >= 0.3 is 0 Å². The van der Waals surface area contributed by atoms with E-state index >= 15 is 0 Å². The summed E-state index contributed by atoms with van der Waals surface area (Å²) in [5.74, 6) is 2.44. The zero-order valence-electron chi connectivity index (χ0n) is 11.0. The van der Waals surface area contributed by atoms with Crippen LogP contribution in [0, 0.1) is 19.3 Å². The number of allylic oxidation sites excluding steroid dienone is 2. The fourth-order valence-electron chi connectivity index (χ4n) is 2.14. The van der Waals surface area contributed by atoms with Gasteiger partial charge in [-0.05, 0) is 38.3 Å². The third-order valence-corrected chi connectivity index (χ3v) is 4.99. The third-order valence-electron chi connectivity index (χ3n) is 3.18. The Morgan fingerprint density at radius 2 is 2.00 bits per heavy atom. The van der Waals surface area contributed by atoms with Crippen LogP contribution in [-0.2, 0) is 10.0 Å². The van der Waals surface area contributed by atoms with Gasteiger partial charge in [0.15, 0.2) is 0 Å². The van der Waals surface area contributed by atoms with Crippen molar-refractivity contribution in [2.24, 2.45) is 0 Å².